The predicted octanol–water partition coefficient (Wildman–Crippen LogP) is 5.00. The zero-order valence-corrected chi connectivity index (χ0v) is 18.6. The molecule has 1 atom stereocenters. The molecule has 1 aromatic heterocycles. The molecule has 0 saturated carbocycles. The van der Waals surface area contributed by atoms with Gasteiger partial charge in [-0.2, -0.15) is 0 Å². The van der Waals surface area contributed by atoms with E-state index < -0.39 is 0 Å². The number of likely N-dealkylation sites (tertiary alicyclic amines) is 1. The third kappa shape index (κ3) is 6.51. The minimum atomic E-state index is -0.0743. The molecule has 0 aliphatic carbocycles. The van der Waals surface area contributed by atoms with Gasteiger partial charge < -0.3 is 14.5 Å². The van der Waals surface area contributed by atoms with E-state index in [2.05, 4.69) is 17.1 Å². The molecule has 29 heavy (non-hydrogen) atoms. The molecular formula is C23H33ClN2O3. The van der Waals surface area contributed by atoms with Gasteiger partial charge in [-0.15, -0.1) is 12.4 Å². The van der Waals surface area contributed by atoms with Gasteiger partial charge in [0.1, 0.15) is 17.3 Å². The summed E-state index contributed by atoms with van der Waals surface area (Å²) in [6.45, 7) is 10.8. The van der Waals surface area contributed by atoms with Gasteiger partial charge in [-0.1, -0.05) is 6.92 Å². The van der Waals surface area contributed by atoms with Gasteiger partial charge in [-0.3, -0.25) is 9.69 Å². The molecule has 0 radical (unpaired) electrons. The number of amides is 1. The largest absolute Gasteiger partial charge is 0.491 e. The number of carbonyl (C=O) groups excluding carboxylic acids is 1. The van der Waals surface area contributed by atoms with Crippen molar-refractivity contribution in [2.24, 2.45) is 5.92 Å². The number of hydrogen-bond donors (Lipinski definition) is 1. The lowest BCUT2D eigenvalue weighted by atomic mass is 9.97. The van der Waals surface area contributed by atoms with Crippen molar-refractivity contribution in [1.82, 2.24) is 10.2 Å². The highest BCUT2D eigenvalue weighted by Gasteiger charge is 2.27. The Morgan fingerprint density at radius 2 is 1.83 bits per heavy atom. The fourth-order valence-corrected chi connectivity index (χ4v) is 3.63. The molecule has 1 aliphatic rings. The number of rotatable bonds is 7. The van der Waals surface area contributed by atoms with Gasteiger partial charge in [0.25, 0.3) is 5.91 Å². The van der Waals surface area contributed by atoms with Crippen molar-refractivity contribution in [3.63, 3.8) is 0 Å². The fourth-order valence-electron chi connectivity index (χ4n) is 3.63. The second kappa shape index (κ2) is 10.7. The molecule has 5 nitrogen and oxygen atoms in total. The smallest absolute Gasteiger partial charge is 0.251 e. The van der Waals surface area contributed by atoms with E-state index in [0.717, 1.165) is 36.3 Å². The minimum absolute atomic E-state index is 0. The van der Waals surface area contributed by atoms with E-state index in [1.54, 1.807) is 0 Å². The molecule has 1 N–H and O–H groups in total. The van der Waals surface area contributed by atoms with Crippen LogP contribution in [0.1, 0.15) is 61.5 Å². The van der Waals surface area contributed by atoms with Crippen LogP contribution in [0, 0.1) is 12.8 Å². The Bertz CT molecular complexity index is 765. The standard InChI is InChI=1S/C23H32N2O3.ClH/c1-16(2)27-20-8-6-19(7-9-20)23(26)24-15-21(22-10-5-18(4)28-22)25-13-11-17(3)12-14-25;/h5-10,16-17,21H,11-15H2,1-4H3,(H,24,26);1H. The number of benzene rings is 1. The third-order valence-electron chi connectivity index (χ3n) is 5.29. The highest BCUT2D eigenvalue weighted by molar-refractivity contribution is 5.94. The molecular weight excluding hydrogens is 388 g/mol. The Hall–Kier alpha value is -1.98. The average molecular weight is 421 g/mol. The quantitative estimate of drug-likeness (QED) is 0.684. The van der Waals surface area contributed by atoms with E-state index in [1.165, 1.54) is 12.8 Å². The van der Waals surface area contributed by atoms with Crippen molar-refractivity contribution in [3.8, 4) is 5.75 Å². The van der Waals surface area contributed by atoms with Crippen LogP contribution in [0.5, 0.6) is 5.75 Å². The highest BCUT2D eigenvalue weighted by Crippen LogP contribution is 2.27. The van der Waals surface area contributed by atoms with Crippen LogP contribution in [0.4, 0.5) is 0 Å². The summed E-state index contributed by atoms with van der Waals surface area (Å²) < 4.78 is 11.6. The first-order valence-corrected chi connectivity index (χ1v) is 10.3. The summed E-state index contributed by atoms with van der Waals surface area (Å²) in [4.78, 5) is 15.1. The first-order chi connectivity index (χ1) is 13.4. The number of ether oxygens (including phenoxy) is 1. The van der Waals surface area contributed by atoms with Gasteiger partial charge >= 0.3 is 0 Å². The maximum atomic E-state index is 12.7. The van der Waals surface area contributed by atoms with Crippen molar-refractivity contribution >= 4 is 18.3 Å². The predicted molar refractivity (Wildman–Crippen MR) is 118 cm³/mol. The summed E-state index contributed by atoms with van der Waals surface area (Å²) in [6.07, 6.45) is 2.48. The van der Waals surface area contributed by atoms with Crippen molar-refractivity contribution in [2.45, 2.75) is 52.7 Å². The maximum absolute atomic E-state index is 12.7. The number of nitrogens with one attached hydrogen (secondary N) is 1. The van der Waals surface area contributed by atoms with Gasteiger partial charge in [-0.25, -0.2) is 0 Å². The lowest BCUT2D eigenvalue weighted by Gasteiger charge is -2.35. The van der Waals surface area contributed by atoms with Gasteiger partial charge in [0.2, 0.25) is 0 Å². The SMILES string of the molecule is Cc1ccc(C(CNC(=O)c2ccc(OC(C)C)cc2)N2CCC(C)CC2)o1.Cl. The van der Waals surface area contributed by atoms with E-state index in [9.17, 15) is 4.79 Å². The third-order valence-corrected chi connectivity index (χ3v) is 5.29. The van der Waals surface area contributed by atoms with Crippen LogP contribution in [0.25, 0.3) is 0 Å². The van der Waals surface area contributed by atoms with Crippen LogP contribution in [-0.4, -0.2) is 36.5 Å². The second-order valence-corrected chi connectivity index (χ2v) is 8.08. The number of halogens is 1. The molecule has 1 amide bonds. The first kappa shape index (κ1) is 23.3. The van der Waals surface area contributed by atoms with Gasteiger partial charge in [0, 0.05) is 12.1 Å². The van der Waals surface area contributed by atoms with Crippen LogP contribution in [-0.2, 0) is 0 Å². The Morgan fingerprint density at radius 1 is 1.17 bits per heavy atom. The molecule has 2 aromatic rings. The molecule has 1 aromatic carbocycles. The monoisotopic (exact) mass is 420 g/mol. The summed E-state index contributed by atoms with van der Waals surface area (Å²) in [5, 5.41) is 3.09. The van der Waals surface area contributed by atoms with Crippen molar-refractivity contribution < 1.29 is 13.9 Å². The highest BCUT2D eigenvalue weighted by atomic mass is 35.5. The number of furan rings is 1. The summed E-state index contributed by atoms with van der Waals surface area (Å²) in [5.41, 5.74) is 0.637. The molecule has 2 heterocycles. The first-order valence-electron chi connectivity index (χ1n) is 10.3. The Kier molecular flexibility index (Phi) is 8.60. The molecule has 1 aliphatic heterocycles. The van der Waals surface area contributed by atoms with Crippen LogP contribution >= 0.6 is 12.4 Å². The minimum Gasteiger partial charge on any atom is -0.491 e. The van der Waals surface area contributed by atoms with E-state index in [4.69, 9.17) is 9.15 Å². The van der Waals surface area contributed by atoms with Crippen molar-refractivity contribution in [2.75, 3.05) is 19.6 Å². The van der Waals surface area contributed by atoms with E-state index in [-0.39, 0.29) is 30.5 Å². The Balaban J connectivity index is 0.00000300. The van der Waals surface area contributed by atoms with Gasteiger partial charge in [0.15, 0.2) is 0 Å². The number of aryl methyl sites for hydroxylation is 1. The normalized spacial score (nSPS) is 16.3. The van der Waals surface area contributed by atoms with E-state index >= 15 is 0 Å². The summed E-state index contributed by atoms with van der Waals surface area (Å²) >= 11 is 0. The summed E-state index contributed by atoms with van der Waals surface area (Å²) in [6, 6.07) is 11.4. The van der Waals surface area contributed by atoms with Crippen molar-refractivity contribution in [3.05, 3.63) is 53.5 Å². The molecule has 1 fully saturated rings. The number of carbonyl (C=O) groups is 1. The van der Waals surface area contributed by atoms with Crippen LogP contribution < -0.4 is 10.1 Å². The van der Waals surface area contributed by atoms with Gasteiger partial charge in [0.05, 0.1) is 12.1 Å². The molecule has 1 saturated heterocycles. The zero-order chi connectivity index (χ0) is 20.1. The second-order valence-electron chi connectivity index (χ2n) is 8.08. The van der Waals surface area contributed by atoms with Crippen LogP contribution in [0.2, 0.25) is 0 Å². The molecule has 0 spiro atoms. The lowest BCUT2D eigenvalue weighted by molar-refractivity contribution is 0.0895. The van der Waals surface area contributed by atoms with Crippen molar-refractivity contribution in [1.29, 1.82) is 0 Å². The molecule has 6 heteroatoms. The molecule has 0 bridgehead atoms. The molecule has 1 unspecified atom stereocenters. The topological polar surface area (TPSA) is 54.7 Å². The van der Waals surface area contributed by atoms with Crippen LogP contribution in [0.3, 0.4) is 0 Å². The Morgan fingerprint density at radius 3 is 2.38 bits per heavy atom. The fraction of sp³-hybridized carbons (Fsp3) is 0.522. The number of hydrogen-bond acceptors (Lipinski definition) is 4. The van der Waals surface area contributed by atoms with E-state index in [1.807, 2.05) is 57.2 Å². The maximum Gasteiger partial charge on any atom is 0.251 e. The molecule has 160 valence electrons. The number of piperidine rings is 1. The zero-order valence-electron chi connectivity index (χ0n) is 17.8. The summed E-state index contributed by atoms with van der Waals surface area (Å²) in [7, 11) is 0. The number of nitrogens with zero attached hydrogens (tertiary/aromatic N) is 1. The summed E-state index contributed by atoms with van der Waals surface area (Å²) in [5.74, 6) is 3.29. The van der Waals surface area contributed by atoms with Gasteiger partial charge in [-0.05, 0) is 89.0 Å². The Labute approximate surface area is 180 Å². The lowest BCUT2D eigenvalue weighted by Crippen LogP contribution is -2.41. The average Bonchev–Trinajstić information content (AvgIpc) is 3.09. The molecule has 3 rings (SSSR count). The van der Waals surface area contributed by atoms with E-state index in [0.29, 0.717) is 12.1 Å². The van der Waals surface area contributed by atoms with Crippen LogP contribution in [0.15, 0.2) is 40.8 Å².